The molecule has 1 aliphatic carbocycles. The van der Waals surface area contributed by atoms with E-state index in [-0.39, 0.29) is 0 Å². The molecule has 1 heterocycles. The van der Waals surface area contributed by atoms with E-state index in [1.165, 1.54) is 7.05 Å². The van der Waals surface area contributed by atoms with Crippen molar-refractivity contribution < 1.29 is 22.1 Å². The van der Waals surface area contributed by atoms with Gasteiger partial charge in [0.1, 0.15) is 6.10 Å². The van der Waals surface area contributed by atoms with Gasteiger partial charge in [0.15, 0.2) is 5.79 Å². The Labute approximate surface area is 131 Å². The zero-order valence-electron chi connectivity index (χ0n) is 12.5. The van der Waals surface area contributed by atoms with E-state index in [0.29, 0.717) is 0 Å². The first-order valence-corrected chi connectivity index (χ1v) is 8.97. The predicted molar refractivity (Wildman–Crippen MR) is 80.0 cm³/mol. The standard InChI is InChI=1S/C15H21NO5S/c1-16-22(17,18)21-14-13(12-8-4-2-5-9-12)19-15(20-14)10-6-3-7-11-15/h2,4-5,8-9,13-14,16H,3,6-7,10-11H2,1H3. The summed E-state index contributed by atoms with van der Waals surface area (Å²) in [4.78, 5) is 0. The average Bonchev–Trinajstić information content (AvgIpc) is 2.86. The molecule has 1 saturated carbocycles. The molecule has 2 atom stereocenters. The van der Waals surface area contributed by atoms with E-state index in [2.05, 4.69) is 4.72 Å². The third kappa shape index (κ3) is 3.33. The second-order valence-electron chi connectivity index (χ2n) is 5.66. The quantitative estimate of drug-likeness (QED) is 0.918. The fourth-order valence-corrected chi connectivity index (χ4v) is 3.51. The third-order valence-electron chi connectivity index (χ3n) is 4.13. The summed E-state index contributed by atoms with van der Waals surface area (Å²) in [7, 11) is -2.55. The lowest BCUT2D eigenvalue weighted by atomic mass is 9.94. The Morgan fingerprint density at radius 3 is 2.45 bits per heavy atom. The van der Waals surface area contributed by atoms with Crippen molar-refractivity contribution in [3.05, 3.63) is 35.9 Å². The van der Waals surface area contributed by atoms with Gasteiger partial charge >= 0.3 is 10.3 Å². The Morgan fingerprint density at radius 2 is 1.82 bits per heavy atom. The Bertz CT molecular complexity index is 598. The molecule has 0 bridgehead atoms. The van der Waals surface area contributed by atoms with E-state index >= 15 is 0 Å². The molecule has 1 aromatic carbocycles. The lowest BCUT2D eigenvalue weighted by Gasteiger charge is -2.31. The van der Waals surface area contributed by atoms with Crippen LogP contribution in [-0.2, 0) is 24.0 Å². The fraction of sp³-hybridized carbons (Fsp3) is 0.600. The highest BCUT2D eigenvalue weighted by atomic mass is 32.2. The molecular weight excluding hydrogens is 306 g/mol. The minimum Gasteiger partial charge on any atom is -0.337 e. The predicted octanol–water partition coefficient (Wildman–Crippen LogP) is 2.24. The van der Waals surface area contributed by atoms with E-state index in [4.69, 9.17) is 13.7 Å². The van der Waals surface area contributed by atoms with Gasteiger partial charge in [-0.25, -0.2) is 4.18 Å². The summed E-state index contributed by atoms with van der Waals surface area (Å²) in [6.07, 6.45) is 3.15. The lowest BCUT2D eigenvalue weighted by Crippen LogP contribution is -2.35. The van der Waals surface area contributed by atoms with Gasteiger partial charge in [-0.3, -0.25) is 0 Å². The Kier molecular flexibility index (Phi) is 4.52. The van der Waals surface area contributed by atoms with Crippen LogP contribution in [0, 0.1) is 0 Å². The fourth-order valence-electron chi connectivity index (χ4n) is 3.03. The van der Waals surface area contributed by atoms with Gasteiger partial charge in [0.05, 0.1) is 0 Å². The molecule has 122 valence electrons. The number of nitrogens with one attached hydrogen (secondary N) is 1. The van der Waals surface area contributed by atoms with Gasteiger partial charge in [-0.1, -0.05) is 36.8 Å². The van der Waals surface area contributed by atoms with Crippen molar-refractivity contribution in [1.82, 2.24) is 4.72 Å². The Morgan fingerprint density at radius 1 is 1.14 bits per heavy atom. The van der Waals surface area contributed by atoms with Crippen LogP contribution in [0.2, 0.25) is 0 Å². The lowest BCUT2D eigenvalue weighted by molar-refractivity contribution is -0.210. The normalized spacial score (nSPS) is 28.0. The van der Waals surface area contributed by atoms with Gasteiger partial charge in [-0.2, -0.15) is 13.1 Å². The van der Waals surface area contributed by atoms with E-state index in [1.807, 2.05) is 30.3 Å². The van der Waals surface area contributed by atoms with Crippen LogP contribution in [0.4, 0.5) is 0 Å². The van der Waals surface area contributed by atoms with Crippen molar-refractivity contribution in [3.8, 4) is 0 Å². The number of hydrogen-bond acceptors (Lipinski definition) is 5. The van der Waals surface area contributed by atoms with Crippen LogP contribution < -0.4 is 4.72 Å². The van der Waals surface area contributed by atoms with Crippen molar-refractivity contribution >= 4 is 10.3 Å². The molecule has 1 aliphatic heterocycles. The molecule has 1 aromatic rings. The van der Waals surface area contributed by atoms with E-state index < -0.39 is 28.5 Å². The van der Waals surface area contributed by atoms with Gasteiger partial charge in [0.2, 0.25) is 6.29 Å². The number of ether oxygens (including phenoxy) is 2. The molecule has 1 spiro atoms. The first-order chi connectivity index (χ1) is 10.5. The summed E-state index contributed by atoms with van der Waals surface area (Å²) in [5.41, 5.74) is 0.848. The molecule has 22 heavy (non-hydrogen) atoms. The molecule has 2 aliphatic rings. The molecule has 2 fully saturated rings. The smallest absolute Gasteiger partial charge is 0.337 e. The van der Waals surface area contributed by atoms with E-state index in [9.17, 15) is 8.42 Å². The number of benzene rings is 1. The highest BCUT2D eigenvalue weighted by Crippen LogP contribution is 2.46. The largest absolute Gasteiger partial charge is 0.338 e. The van der Waals surface area contributed by atoms with Crippen LogP contribution in [-0.4, -0.2) is 27.5 Å². The number of hydrogen-bond donors (Lipinski definition) is 1. The molecule has 6 nitrogen and oxygen atoms in total. The van der Waals surface area contributed by atoms with Crippen molar-refractivity contribution in [2.75, 3.05) is 7.05 Å². The van der Waals surface area contributed by atoms with Gasteiger partial charge in [0, 0.05) is 19.9 Å². The van der Waals surface area contributed by atoms with Gasteiger partial charge in [-0.05, 0) is 18.4 Å². The summed E-state index contributed by atoms with van der Waals surface area (Å²) < 4.78 is 42.8. The zero-order valence-corrected chi connectivity index (χ0v) is 13.3. The highest BCUT2D eigenvalue weighted by Gasteiger charge is 2.50. The maximum Gasteiger partial charge on any atom is 0.338 e. The van der Waals surface area contributed by atoms with Gasteiger partial charge < -0.3 is 9.47 Å². The Balaban J connectivity index is 1.86. The minimum atomic E-state index is -3.85. The van der Waals surface area contributed by atoms with Gasteiger partial charge in [-0.15, -0.1) is 0 Å². The number of rotatable bonds is 4. The van der Waals surface area contributed by atoms with Crippen LogP contribution in [0.15, 0.2) is 30.3 Å². The topological polar surface area (TPSA) is 73.9 Å². The van der Waals surface area contributed by atoms with Crippen molar-refractivity contribution in [1.29, 1.82) is 0 Å². The van der Waals surface area contributed by atoms with Crippen molar-refractivity contribution in [2.24, 2.45) is 0 Å². The van der Waals surface area contributed by atoms with Crippen molar-refractivity contribution in [3.63, 3.8) is 0 Å². The summed E-state index contributed by atoms with van der Waals surface area (Å²) in [6, 6.07) is 9.44. The molecule has 3 rings (SSSR count). The molecule has 0 radical (unpaired) electrons. The Hall–Kier alpha value is -0.990. The maximum atomic E-state index is 11.7. The molecule has 7 heteroatoms. The monoisotopic (exact) mass is 327 g/mol. The summed E-state index contributed by atoms with van der Waals surface area (Å²) >= 11 is 0. The molecule has 0 aromatic heterocycles. The molecular formula is C15H21NO5S. The van der Waals surface area contributed by atoms with Crippen LogP contribution in [0.5, 0.6) is 0 Å². The van der Waals surface area contributed by atoms with E-state index in [1.54, 1.807) is 0 Å². The summed E-state index contributed by atoms with van der Waals surface area (Å²) in [5.74, 6) is -0.729. The van der Waals surface area contributed by atoms with Crippen LogP contribution in [0.25, 0.3) is 0 Å². The summed E-state index contributed by atoms with van der Waals surface area (Å²) in [6.45, 7) is 0. The molecule has 1 N–H and O–H groups in total. The van der Waals surface area contributed by atoms with Crippen molar-refractivity contribution in [2.45, 2.75) is 50.3 Å². The van der Waals surface area contributed by atoms with Crippen LogP contribution in [0.1, 0.15) is 43.8 Å². The molecule has 1 saturated heterocycles. The van der Waals surface area contributed by atoms with Crippen LogP contribution >= 0.6 is 0 Å². The van der Waals surface area contributed by atoms with Gasteiger partial charge in [0.25, 0.3) is 0 Å². The molecule has 0 amide bonds. The first kappa shape index (κ1) is 15.9. The average molecular weight is 327 g/mol. The minimum absolute atomic E-state index is 0.553. The second-order valence-corrected chi connectivity index (χ2v) is 7.17. The highest BCUT2D eigenvalue weighted by molar-refractivity contribution is 7.84. The first-order valence-electron chi connectivity index (χ1n) is 7.56. The van der Waals surface area contributed by atoms with E-state index in [0.717, 1.165) is 37.7 Å². The SMILES string of the molecule is CNS(=O)(=O)OC1OC2(CCCCC2)OC1c1ccccc1. The second kappa shape index (κ2) is 6.25. The maximum absolute atomic E-state index is 11.7. The zero-order chi connectivity index (χ0) is 15.6. The molecule has 2 unspecified atom stereocenters. The van der Waals surface area contributed by atoms with Crippen LogP contribution in [0.3, 0.4) is 0 Å². The summed E-state index contributed by atoms with van der Waals surface area (Å²) in [5, 5.41) is 0. The third-order valence-corrected chi connectivity index (χ3v) is 5.08.